The maximum Gasteiger partial charge on any atom is 0.269 e. The quantitative estimate of drug-likeness (QED) is 0.657. The van der Waals surface area contributed by atoms with Gasteiger partial charge in [0.2, 0.25) is 0 Å². The second-order valence-electron chi connectivity index (χ2n) is 6.78. The van der Waals surface area contributed by atoms with Crippen LogP contribution in [0.1, 0.15) is 11.1 Å². The maximum atomic E-state index is 13.0. The van der Waals surface area contributed by atoms with Gasteiger partial charge in [0, 0.05) is 25.1 Å². The third-order valence-electron chi connectivity index (χ3n) is 4.79. The Hall–Kier alpha value is -2.38. The van der Waals surface area contributed by atoms with Gasteiger partial charge in [-0.15, -0.1) is 0 Å². The fraction of sp³-hybridized carbons (Fsp3) is 0.238. The third kappa shape index (κ3) is 3.18. The minimum atomic E-state index is -0.0248. The van der Waals surface area contributed by atoms with Crippen LogP contribution in [0.5, 0.6) is 5.75 Å². The average Bonchev–Trinajstić information content (AvgIpc) is 3.15. The van der Waals surface area contributed by atoms with E-state index < -0.39 is 0 Å². The number of aliphatic imine (C=N–C) groups is 1. The fourth-order valence-electron chi connectivity index (χ4n) is 3.07. The Balaban J connectivity index is 1.71. The molecule has 0 radical (unpaired) electrons. The molecule has 2 aliphatic heterocycles. The van der Waals surface area contributed by atoms with E-state index in [4.69, 9.17) is 9.73 Å². The van der Waals surface area contributed by atoms with E-state index >= 15 is 0 Å². The smallest absolute Gasteiger partial charge is 0.269 e. The Morgan fingerprint density at radius 1 is 1.00 bits per heavy atom. The van der Waals surface area contributed by atoms with Crippen molar-refractivity contribution in [3.63, 3.8) is 0 Å². The van der Waals surface area contributed by atoms with Gasteiger partial charge in [0.05, 0.1) is 23.5 Å². The molecule has 5 nitrogen and oxygen atoms in total. The van der Waals surface area contributed by atoms with Gasteiger partial charge in [-0.3, -0.25) is 9.69 Å². The number of aryl methyl sites for hydroxylation is 2. The van der Waals surface area contributed by atoms with Crippen molar-refractivity contribution < 1.29 is 9.53 Å². The monoisotopic (exact) mass is 411 g/mol. The number of anilines is 1. The number of ether oxygens (including phenoxy) is 1. The number of methoxy groups -OCH3 is 1. The molecular formula is C21H21N3O2S2. The lowest BCUT2D eigenvalue weighted by Crippen LogP contribution is -2.24. The molecule has 2 heterocycles. The van der Waals surface area contributed by atoms with E-state index in [1.807, 2.05) is 45.2 Å². The Kier molecular flexibility index (Phi) is 4.89. The van der Waals surface area contributed by atoms with Crippen molar-refractivity contribution in [2.75, 3.05) is 26.1 Å². The van der Waals surface area contributed by atoms with Crippen LogP contribution in [-0.4, -0.2) is 37.2 Å². The second kappa shape index (κ2) is 7.22. The van der Waals surface area contributed by atoms with Gasteiger partial charge in [-0.2, -0.15) is 0 Å². The molecule has 0 aromatic heterocycles. The lowest BCUT2D eigenvalue weighted by Gasteiger charge is -2.15. The van der Waals surface area contributed by atoms with E-state index in [1.54, 1.807) is 30.8 Å². The Labute approximate surface area is 173 Å². The molecule has 1 fully saturated rings. The predicted molar refractivity (Wildman–Crippen MR) is 118 cm³/mol. The SMILES string of the molecule is COc1ccc2c(c1)N(C)C(=C1SC(=Nc3cc(C)ccc3C)N(C)C1=O)S2. The number of rotatable bonds is 2. The standard InChI is InChI=1S/C21H21N3O2S2/c1-12-6-7-13(2)15(10-12)22-21-24(4)19(25)18(28-21)20-23(3)16-11-14(26-5)8-9-17(16)27-20/h6-11H,1-5H3. The second-order valence-corrected chi connectivity index (χ2v) is 8.79. The number of amidine groups is 1. The number of hydrogen-bond donors (Lipinski definition) is 0. The number of likely N-dealkylation sites (N-methyl/N-ethyl adjacent to an activating group) is 1. The van der Waals surface area contributed by atoms with Crippen LogP contribution in [0.4, 0.5) is 11.4 Å². The molecule has 2 aromatic rings. The zero-order chi connectivity index (χ0) is 20.0. The molecule has 2 aliphatic rings. The highest BCUT2D eigenvalue weighted by Crippen LogP contribution is 2.50. The van der Waals surface area contributed by atoms with E-state index in [1.165, 1.54) is 11.8 Å². The van der Waals surface area contributed by atoms with Crippen LogP contribution in [0, 0.1) is 13.8 Å². The van der Waals surface area contributed by atoms with Gasteiger partial charge < -0.3 is 9.64 Å². The number of nitrogens with zero attached hydrogens (tertiary/aromatic N) is 3. The van der Waals surface area contributed by atoms with Crippen LogP contribution >= 0.6 is 23.5 Å². The van der Waals surface area contributed by atoms with Crippen molar-refractivity contribution in [3.05, 3.63) is 57.5 Å². The summed E-state index contributed by atoms with van der Waals surface area (Å²) in [5.74, 6) is 0.778. The molecule has 0 saturated carbocycles. The fourth-order valence-corrected chi connectivity index (χ4v) is 5.38. The number of carbonyl (C=O) groups excluding carboxylic acids is 1. The molecule has 0 aliphatic carbocycles. The van der Waals surface area contributed by atoms with Gasteiger partial charge in [0.1, 0.15) is 10.7 Å². The summed E-state index contributed by atoms with van der Waals surface area (Å²) >= 11 is 3.04. The van der Waals surface area contributed by atoms with Gasteiger partial charge in [-0.1, -0.05) is 23.9 Å². The zero-order valence-corrected chi connectivity index (χ0v) is 18.1. The maximum absolute atomic E-state index is 13.0. The minimum Gasteiger partial charge on any atom is -0.497 e. The first-order valence-electron chi connectivity index (χ1n) is 8.85. The lowest BCUT2D eigenvalue weighted by atomic mass is 10.1. The van der Waals surface area contributed by atoms with E-state index in [9.17, 15) is 4.79 Å². The van der Waals surface area contributed by atoms with Crippen LogP contribution < -0.4 is 9.64 Å². The molecule has 0 spiro atoms. The van der Waals surface area contributed by atoms with Gasteiger partial charge in [0.25, 0.3) is 5.91 Å². The predicted octanol–water partition coefficient (Wildman–Crippen LogP) is 4.92. The number of thioether (sulfide) groups is 2. The normalized spacial score (nSPS) is 20.3. The summed E-state index contributed by atoms with van der Waals surface area (Å²) in [5, 5.41) is 1.63. The first kappa shape index (κ1) is 19.0. The van der Waals surface area contributed by atoms with Gasteiger partial charge in [-0.25, -0.2) is 4.99 Å². The summed E-state index contributed by atoms with van der Waals surface area (Å²) in [5.41, 5.74) is 4.18. The highest BCUT2D eigenvalue weighted by molar-refractivity contribution is 8.19. The molecule has 28 heavy (non-hydrogen) atoms. The van der Waals surface area contributed by atoms with Crippen LogP contribution in [0.25, 0.3) is 0 Å². The molecule has 0 bridgehead atoms. The summed E-state index contributed by atoms with van der Waals surface area (Å²) in [6, 6.07) is 12.1. The number of hydrogen-bond acceptors (Lipinski definition) is 6. The van der Waals surface area contributed by atoms with E-state index in [-0.39, 0.29) is 5.91 Å². The first-order chi connectivity index (χ1) is 13.4. The molecule has 0 N–H and O–H groups in total. The van der Waals surface area contributed by atoms with Crippen molar-refractivity contribution in [2.45, 2.75) is 18.7 Å². The van der Waals surface area contributed by atoms with Gasteiger partial charge in [0.15, 0.2) is 5.17 Å². The van der Waals surface area contributed by atoms with Crippen LogP contribution in [0.2, 0.25) is 0 Å². The molecule has 0 unspecified atom stereocenters. The molecule has 0 atom stereocenters. The Bertz CT molecular complexity index is 1050. The van der Waals surface area contributed by atoms with Crippen molar-refractivity contribution in [1.82, 2.24) is 4.90 Å². The van der Waals surface area contributed by atoms with E-state index in [2.05, 4.69) is 17.0 Å². The summed E-state index contributed by atoms with van der Waals surface area (Å²) in [6.45, 7) is 4.08. The molecular weight excluding hydrogens is 390 g/mol. The number of benzene rings is 2. The van der Waals surface area contributed by atoms with Crippen LogP contribution in [0.15, 0.2) is 56.2 Å². The van der Waals surface area contributed by atoms with E-state index in [0.717, 1.165) is 38.2 Å². The molecule has 1 amide bonds. The Morgan fingerprint density at radius 2 is 1.79 bits per heavy atom. The zero-order valence-electron chi connectivity index (χ0n) is 16.4. The highest BCUT2D eigenvalue weighted by atomic mass is 32.2. The molecule has 1 saturated heterocycles. The van der Waals surface area contributed by atoms with Crippen LogP contribution in [0.3, 0.4) is 0 Å². The van der Waals surface area contributed by atoms with Crippen molar-refractivity contribution in [1.29, 1.82) is 0 Å². The van der Waals surface area contributed by atoms with Gasteiger partial charge in [-0.05, 0) is 54.9 Å². The summed E-state index contributed by atoms with van der Waals surface area (Å²) in [7, 11) is 5.42. The lowest BCUT2D eigenvalue weighted by molar-refractivity contribution is -0.121. The van der Waals surface area contributed by atoms with Crippen molar-refractivity contribution in [3.8, 4) is 5.75 Å². The Morgan fingerprint density at radius 3 is 2.54 bits per heavy atom. The topological polar surface area (TPSA) is 45.1 Å². The first-order valence-corrected chi connectivity index (χ1v) is 10.5. The molecule has 7 heteroatoms. The largest absolute Gasteiger partial charge is 0.497 e. The summed E-state index contributed by atoms with van der Waals surface area (Å²) in [6.07, 6.45) is 0. The molecule has 2 aromatic carbocycles. The number of amides is 1. The van der Waals surface area contributed by atoms with Crippen molar-refractivity contribution >= 4 is 46.0 Å². The highest BCUT2D eigenvalue weighted by Gasteiger charge is 2.37. The number of fused-ring (bicyclic) bond motifs is 1. The summed E-state index contributed by atoms with van der Waals surface area (Å²) < 4.78 is 5.34. The molecule has 4 rings (SSSR count). The minimum absolute atomic E-state index is 0.0248. The van der Waals surface area contributed by atoms with Gasteiger partial charge >= 0.3 is 0 Å². The number of carbonyl (C=O) groups is 1. The van der Waals surface area contributed by atoms with E-state index in [0.29, 0.717) is 10.1 Å². The van der Waals surface area contributed by atoms with Crippen molar-refractivity contribution in [2.24, 2.45) is 4.99 Å². The third-order valence-corrected chi connectivity index (χ3v) is 7.28. The van der Waals surface area contributed by atoms with Crippen LogP contribution in [-0.2, 0) is 4.79 Å². The average molecular weight is 412 g/mol. The molecule has 144 valence electrons. The summed E-state index contributed by atoms with van der Waals surface area (Å²) in [4.78, 5) is 23.2.